The summed E-state index contributed by atoms with van der Waals surface area (Å²) in [4.78, 5) is 21.4. The van der Waals surface area contributed by atoms with Crippen molar-refractivity contribution >= 4 is 11.6 Å². The Hall–Kier alpha value is -2.36. The van der Waals surface area contributed by atoms with Gasteiger partial charge < -0.3 is 9.80 Å². The van der Waals surface area contributed by atoms with Crippen LogP contribution in [0.3, 0.4) is 0 Å². The molecule has 3 rings (SSSR count). The van der Waals surface area contributed by atoms with E-state index < -0.39 is 0 Å². The largest absolute Gasteiger partial charge is 0.375 e. The first kappa shape index (κ1) is 15.5. The monoisotopic (exact) mass is 309 g/mol. The number of hydrogen-bond donors (Lipinski definition) is 0. The normalized spacial score (nSPS) is 17.3. The van der Waals surface area contributed by atoms with E-state index in [1.807, 2.05) is 47.4 Å². The Balaban J connectivity index is 1.79. The standard InChI is InChI=1S/C19H23N3O/c1-3-21(2)16-11-9-15(10-12-16)19(23)22-14-6-8-18(22)17-7-4-5-13-20-17/h4-5,7,9-13,18H,3,6,8,14H2,1-2H3. The van der Waals surface area contributed by atoms with Gasteiger partial charge in [-0.2, -0.15) is 0 Å². The first-order valence-corrected chi connectivity index (χ1v) is 8.24. The lowest BCUT2D eigenvalue weighted by molar-refractivity contribution is 0.0733. The molecule has 0 aliphatic carbocycles. The van der Waals surface area contributed by atoms with Crippen LogP contribution in [-0.4, -0.2) is 35.9 Å². The maximum absolute atomic E-state index is 12.9. The number of nitrogens with zero attached hydrogens (tertiary/aromatic N) is 3. The summed E-state index contributed by atoms with van der Waals surface area (Å²) < 4.78 is 0. The van der Waals surface area contributed by atoms with Gasteiger partial charge in [-0.3, -0.25) is 9.78 Å². The average Bonchev–Trinajstić information content (AvgIpc) is 3.11. The number of anilines is 1. The molecule has 0 N–H and O–H groups in total. The topological polar surface area (TPSA) is 36.4 Å². The Kier molecular flexibility index (Phi) is 4.60. The van der Waals surface area contributed by atoms with Crippen LogP contribution in [0.1, 0.15) is 41.9 Å². The van der Waals surface area contributed by atoms with Crippen LogP contribution in [0.25, 0.3) is 0 Å². The lowest BCUT2D eigenvalue weighted by atomic mass is 10.1. The molecule has 1 unspecified atom stereocenters. The highest BCUT2D eigenvalue weighted by Gasteiger charge is 2.31. The average molecular weight is 309 g/mol. The van der Waals surface area contributed by atoms with Crippen molar-refractivity contribution in [1.29, 1.82) is 0 Å². The molecular formula is C19H23N3O. The van der Waals surface area contributed by atoms with Gasteiger partial charge in [-0.05, 0) is 56.2 Å². The number of carbonyl (C=O) groups excluding carboxylic acids is 1. The number of amides is 1. The summed E-state index contributed by atoms with van der Waals surface area (Å²) in [6, 6.07) is 13.9. The minimum Gasteiger partial charge on any atom is -0.375 e. The third-order valence-electron chi connectivity index (χ3n) is 4.57. The molecular weight excluding hydrogens is 286 g/mol. The fourth-order valence-electron chi connectivity index (χ4n) is 3.10. The molecule has 120 valence electrons. The highest BCUT2D eigenvalue weighted by atomic mass is 16.2. The summed E-state index contributed by atoms with van der Waals surface area (Å²) in [7, 11) is 2.05. The number of benzene rings is 1. The van der Waals surface area contributed by atoms with Crippen molar-refractivity contribution in [2.45, 2.75) is 25.8 Å². The molecule has 1 aromatic heterocycles. The van der Waals surface area contributed by atoms with Crippen LogP contribution in [-0.2, 0) is 0 Å². The summed E-state index contributed by atoms with van der Waals surface area (Å²) >= 11 is 0. The zero-order valence-corrected chi connectivity index (χ0v) is 13.8. The quantitative estimate of drug-likeness (QED) is 0.867. The second kappa shape index (κ2) is 6.82. The minimum atomic E-state index is 0.0988. The van der Waals surface area contributed by atoms with Crippen LogP contribution in [0.5, 0.6) is 0 Å². The van der Waals surface area contributed by atoms with E-state index in [1.54, 1.807) is 6.20 Å². The molecule has 1 aliphatic heterocycles. The van der Waals surface area contributed by atoms with Gasteiger partial charge >= 0.3 is 0 Å². The summed E-state index contributed by atoms with van der Waals surface area (Å²) in [6.07, 6.45) is 3.81. The van der Waals surface area contributed by atoms with Crippen molar-refractivity contribution in [3.63, 3.8) is 0 Å². The predicted molar refractivity (Wildman–Crippen MR) is 92.6 cm³/mol. The van der Waals surface area contributed by atoms with Crippen LogP contribution in [0.2, 0.25) is 0 Å². The predicted octanol–water partition coefficient (Wildman–Crippen LogP) is 3.52. The van der Waals surface area contributed by atoms with E-state index in [0.29, 0.717) is 0 Å². The third-order valence-corrected chi connectivity index (χ3v) is 4.57. The molecule has 23 heavy (non-hydrogen) atoms. The lowest BCUT2D eigenvalue weighted by Gasteiger charge is -2.25. The molecule has 1 saturated heterocycles. The molecule has 1 aliphatic rings. The second-order valence-corrected chi connectivity index (χ2v) is 5.97. The van der Waals surface area contributed by atoms with Crippen molar-refractivity contribution in [2.75, 3.05) is 25.0 Å². The van der Waals surface area contributed by atoms with E-state index in [-0.39, 0.29) is 11.9 Å². The Labute approximate surface area is 137 Å². The van der Waals surface area contributed by atoms with Crippen molar-refractivity contribution in [2.24, 2.45) is 0 Å². The number of hydrogen-bond acceptors (Lipinski definition) is 3. The summed E-state index contributed by atoms with van der Waals surface area (Å²) in [5.41, 5.74) is 2.87. The minimum absolute atomic E-state index is 0.0988. The van der Waals surface area contributed by atoms with Gasteiger partial charge in [0.05, 0.1) is 11.7 Å². The van der Waals surface area contributed by atoms with Gasteiger partial charge in [-0.15, -0.1) is 0 Å². The van der Waals surface area contributed by atoms with Crippen LogP contribution >= 0.6 is 0 Å². The Bertz CT molecular complexity index is 654. The third kappa shape index (κ3) is 3.21. The van der Waals surface area contributed by atoms with E-state index in [0.717, 1.165) is 42.9 Å². The van der Waals surface area contributed by atoms with E-state index in [9.17, 15) is 4.79 Å². The van der Waals surface area contributed by atoms with Crippen molar-refractivity contribution < 1.29 is 4.79 Å². The molecule has 2 aromatic rings. The first-order valence-electron chi connectivity index (χ1n) is 8.24. The van der Waals surface area contributed by atoms with E-state index in [4.69, 9.17) is 0 Å². The Morgan fingerprint density at radius 2 is 2.04 bits per heavy atom. The van der Waals surface area contributed by atoms with E-state index >= 15 is 0 Å². The SMILES string of the molecule is CCN(C)c1ccc(C(=O)N2CCCC2c2ccccn2)cc1. The fraction of sp³-hybridized carbons (Fsp3) is 0.368. The number of aromatic nitrogens is 1. The Morgan fingerprint density at radius 1 is 1.26 bits per heavy atom. The molecule has 1 atom stereocenters. The zero-order chi connectivity index (χ0) is 16.2. The summed E-state index contributed by atoms with van der Waals surface area (Å²) in [5.74, 6) is 0.101. The van der Waals surface area contributed by atoms with E-state index in [1.165, 1.54) is 0 Å². The molecule has 0 saturated carbocycles. The molecule has 0 spiro atoms. The van der Waals surface area contributed by atoms with Crippen molar-refractivity contribution in [1.82, 2.24) is 9.88 Å². The van der Waals surface area contributed by atoms with Gasteiger partial charge in [0.1, 0.15) is 0 Å². The van der Waals surface area contributed by atoms with Gasteiger partial charge in [0.15, 0.2) is 0 Å². The van der Waals surface area contributed by atoms with Crippen LogP contribution in [0, 0.1) is 0 Å². The molecule has 2 heterocycles. The maximum atomic E-state index is 12.9. The molecule has 4 heteroatoms. The van der Waals surface area contributed by atoms with Crippen molar-refractivity contribution in [3.8, 4) is 0 Å². The van der Waals surface area contributed by atoms with Gasteiger partial charge in [-0.25, -0.2) is 0 Å². The number of likely N-dealkylation sites (tertiary alicyclic amines) is 1. The fourth-order valence-corrected chi connectivity index (χ4v) is 3.10. The van der Waals surface area contributed by atoms with Crippen LogP contribution < -0.4 is 4.90 Å². The van der Waals surface area contributed by atoms with Gasteiger partial charge in [0.2, 0.25) is 0 Å². The number of pyridine rings is 1. The van der Waals surface area contributed by atoms with Crippen molar-refractivity contribution in [3.05, 3.63) is 59.9 Å². The maximum Gasteiger partial charge on any atom is 0.254 e. The van der Waals surface area contributed by atoms with Crippen LogP contribution in [0.15, 0.2) is 48.7 Å². The van der Waals surface area contributed by atoms with Gasteiger partial charge in [0, 0.05) is 37.6 Å². The number of rotatable bonds is 4. The summed E-state index contributed by atoms with van der Waals surface area (Å²) in [6.45, 7) is 3.86. The molecule has 1 amide bonds. The second-order valence-electron chi connectivity index (χ2n) is 5.97. The number of carbonyl (C=O) groups is 1. The summed E-state index contributed by atoms with van der Waals surface area (Å²) in [5, 5.41) is 0. The van der Waals surface area contributed by atoms with Crippen LogP contribution in [0.4, 0.5) is 5.69 Å². The smallest absolute Gasteiger partial charge is 0.254 e. The molecule has 0 bridgehead atoms. The Morgan fingerprint density at radius 3 is 2.70 bits per heavy atom. The van der Waals surface area contributed by atoms with Gasteiger partial charge in [-0.1, -0.05) is 6.07 Å². The first-order chi connectivity index (χ1) is 11.2. The lowest BCUT2D eigenvalue weighted by Crippen LogP contribution is -2.31. The highest BCUT2D eigenvalue weighted by molar-refractivity contribution is 5.95. The van der Waals surface area contributed by atoms with E-state index in [2.05, 4.69) is 23.9 Å². The van der Waals surface area contributed by atoms with Gasteiger partial charge in [0.25, 0.3) is 5.91 Å². The molecule has 4 nitrogen and oxygen atoms in total. The highest BCUT2D eigenvalue weighted by Crippen LogP contribution is 2.32. The molecule has 1 fully saturated rings. The zero-order valence-electron chi connectivity index (χ0n) is 13.8. The molecule has 1 aromatic carbocycles. The molecule has 0 radical (unpaired) electrons.